The number of aromatic nitrogens is 2. The zero-order valence-electron chi connectivity index (χ0n) is 11.5. The minimum absolute atomic E-state index is 0.431. The highest BCUT2D eigenvalue weighted by molar-refractivity contribution is 5.84. The summed E-state index contributed by atoms with van der Waals surface area (Å²) < 4.78 is 17.9. The van der Waals surface area contributed by atoms with Crippen molar-refractivity contribution < 1.29 is 13.9 Å². The van der Waals surface area contributed by atoms with E-state index >= 15 is 0 Å². The SMILES string of the molecule is COc1ccc2c(OCCn3ccnc3)cc(=O)oc2c1. The van der Waals surface area contributed by atoms with Crippen LogP contribution in [0.5, 0.6) is 11.5 Å². The normalized spacial score (nSPS) is 10.7. The molecule has 0 aliphatic rings. The van der Waals surface area contributed by atoms with E-state index in [1.807, 2.05) is 16.8 Å². The molecule has 0 bridgehead atoms. The van der Waals surface area contributed by atoms with Crippen LogP contribution in [0.25, 0.3) is 11.0 Å². The fourth-order valence-corrected chi connectivity index (χ4v) is 2.04. The monoisotopic (exact) mass is 286 g/mol. The summed E-state index contributed by atoms with van der Waals surface area (Å²) in [4.78, 5) is 15.6. The van der Waals surface area contributed by atoms with Crippen molar-refractivity contribution in [3.05, 3.63) is 53.4 Å². The molecule has 3 rings (SSSR count). The molecule has 21 heavy (non-hydrogen) atoms. The van der Waals surface area contributed by atoms with Crippen LogP contribution in [-0.4, -0.2) is 23.3 Å². The largest absolute Gasteiger partial charge is 0.497 e. The molecule has 0 radical (unpaired) electrons. The maximum atomic E-state index is 11.6. The Bertz CT molecular complexity index is 793. The van der Waals surface area contributed by atoms with Crippen LogP contribution in [-0.2, 0) is 6.54 Å². The first-order valence-electron chi connectivity index (χ1n) is 6.47. The predicted octanol–water partition coefficient (Wildman–Crippen LogP) is 2.08. The zero-order chi connectivity index (χ0) is 14.7. The number of hydrogen-bond donors (Lipinski definition) is 0. The number of rotatable bonds is 5. The Balaban J connectivity index is 1.85. The maximum Gasteiger partial charge on any atom is 0.339 e. The van der Waals surface area contributed by atoms with Gasteiger partial charge in [-0.2, -0.15) is 0 Å². The summed E-state index contributed by atoms with van der Waals surface area (Å²) in [5.74, 6) is 1.13. The van der Waals surface area contributed by atoms with E-state index in [9.17, 15) is 4.79 Å². The Morgan fingerprint density at radius 1 is 1.33 bits per heavy atom. The lowest BCUT2D eigenvalue weighted by Gasteiger charge is -2.09. The van der Waals surface area contributed by atoms with E-state index in [1.54, 1.807) is 31.8 Å². The van der Waals surface area contributed by atoms with Crippen molar-refractivity contribution >= 4 is 11.0 Å². The van der Waals surface area contributed by atoms with E-state index in [1.165, 1.54) is 6.07 Å². The van der Waals surface area contributed by atoms with Crippen molar-refractivity contribution in [2.45, 2.75) is 6.54 Å². The molecule has 108 valence electrons. The van der Waals surface area contributed by atoms with Crippen LogP contribution in [0.4, 0.5) is 0 Å². The number of imidazole rings is 1. The van der Waals surface area contributed by atoms with Gasteiger partial charge in [0.25, 0.3) is 0 Å². The third kappa shape index (κ3) is 2.89. The van der Waals surface area contributed by atoms with Crippen molar-refractivity contribution in [1.29, 1.82) is 0 Å². The maximum absolute atomic E-state index is 11.6. The Morgan fingerprint density at radius 3 is 3.00 bits per heavy atom. The van der Waals surface area contributed by atoms with Crippen LogP contribution >= 0.6 is 0 Å². The Labute approximate surface area is 120 Å². The first kappa shape index (κ1) is 13.2. The Morgan fingerprint density at radius 2 is 2.24 bits per heavy atom. The highest BCUT2D eigenvalue weighted by Crippen LogP contribution is 2.27. The number of hydrogen-bond acceptors (Lipinski definition) is 5. The van der Waals surface area contributed by atoms with Gasteiger partial charge in [0, 0.05) is 18.5 Å². The fourth-order valence-electron chi connectivity index (χ4n) is 2.04. The van der Waals surface area contributed by atoms with Crippen molar-refractivity contribution in [3.8, 4) is 11.5 Å². The summed E-state index contributed by atoms with van der Waals surface area (Å²) in [5.41, 5.74) is -0.00661. The molecule has 0 unspecified atom stereocenters. The summed E-state index contributed by atoms with van der Waals surface area (Å²) in [6.07, 6.45) is 5.27. The molecule has 0 saturated heterocycles. The lowest BCUT2D eigenvalue weighted by atomic mass is 10.2. The zero-order valence-corrected chi connectivity index (χ0v) is 11.5. The van der Waals surface area contributed by atoms with Gasteiger partial charge < -0.3 is 18.5 Å². The average Bonchev–Trinajstić information content (AvgIpc) is 2.99. The Kier molecular flexibility index (Phi) is 3.59. The molecular formula is C15H14N2O4. The Hall–Kier alpha value is -2.76. The van der Waals surface area contributed by atoms with E-state index < -0.39 is 5.63 Å². The lowest BCUT2D eigenvalue weighted by molar-refractivity contribution is 0.299. The summed E-state index contributed by atoms with van der Waals surface area (Å²) in [7, 11) is 1.56. The summed E-state index contributed by atoms with van der Waals surface area (Å²) in [6, 6.07) is 6.62. The minimum atomic E-state index is -0.451. The molecule has 0 amide bonds. The molecular weight excluding hydrogens is 272 g/mol. The van der Waals surface area contributed by atoms with Crippen LogP contribution in [0.1, 0.15) is 0 Å². The van der Waals surface area contributed by atoms with Gasteiger partial charge in [-0.1, -0.05) is 0 Å². The van der Waals surface area contributed by atoms with Crippen molar-refractivity contribution in [2.75, 3.05) is 13.7 Å². The van der Waals surface area contributed by atoms with Gasteiger partial charge in [0.15, 0.2) is 0 Å². The molecule has 0 aliphatic carbocycles. The molecule has 2 heterocycles. The van der Waals surface area contributed by atoms with E-state index in [0.717, 1.165) is 5.39 Å². The first-order valence-corrected chi connectivity index (χ1v) is 6.47. The quantitative estimate of drug-likeness (QED) is 0.672. The third-order valence-corrected chi connectivity index (χ3v) is 3.08. The van der Waals surface area contributed by atoms with E-state index in [-0.39, 0.29) is 0 Å². The molecule has 6 nitrogen and oxygen atoms in total. The minimum Gasteiger partial charge on any atom is -0.497 e. The second-order valence-corrected chi connectivity index (χ2v) is 4.44. The van der Waals surface area contributed by atoms with Crippen molar-refractivity contribution in [1.82, 2.24) is 9.55 Å². The molecule has 0 atom stereocenters. The van der Waals surface area contributed by atoms with E-state index in [4.69, 9.17) is 13.9 Å². The molecule has 0 fully saturated rings. The number of ether oxygens (including phenoxy) is 2. The summed E-state index contributed by atoms with van der Waals surface area (Å²) >= 11 is 0. The van der Waals surface area contributed by atoms with Gasteiger partial charge >= 0.3 is 5.63 Å². The van der Waals surface area contributed by atoms with Gasteiger partial charge in [-0.3, -0.25) is 0 Å². The van der Waals surface area contributed by atoms with Gasteiger partial charge in [-0.05, 0) is 12.1 Å². The molecule has 2 aromatic heterocycles. The first-order chi connectivity index (χ1) is 10.3. The highest BCUT2D eigenvalue weighted by Gasteiger charge is 2.08. The smallest absolute Gasteiger partial charge is 0.339 e. The van der Waals surface area contributed by atoms with Crippen LogP contribution in [0, 0.1) is 0 Å². The molecule has 3 aromatic rings. The molecule has 0 N–H and O–H groups in total. The number of nitrogens with zero attached hydrogens (tertiary/aromatic N) is 2. The molecule has 6 heteroatoms. The van der Waals surface area contributed by atoms with E-state index in [2.05, 4.69) is 4.98 Å². The van der Waals surface area contributed by atoms with Crippen LogP contribution in [0.3, 0.4) is 0 Å². The van der Waals surface area contributed by atoms with E-state index in [0.29, 0.717) is 30.2 Å². The van der Waals surface area contributed by atoms with Crippen LogP contribution in [0.2, 0.25) is 0 Å². The average molecular weight is 286 g/mol. The highest BCUT2D eigenvalue weighted by atomic mass is 16.5. The second kappa shape index (κ2) is 5.70. The van der Waals surface area contributed by atoms with Gasteiger partial charge in [0.2, 0.25) is 0 Å². The fraction of sp³-hybridized carbons (Fsp3) is 0.200. The predicted molar refractivity (Wildman–Crippen MR) is 76.8 cm³/mol. The number of methoxy groups -OCH3 is 1. The van der Waals surface area contributed by atoms with Gasteiger partial charge in [0.05, 0.1) is 31.4 Å². The van der Waals surface area contributed by atoms with Gasteiger partial charge in [0.1, 0.15) is 23.7 Å². The number of benzene rings is 1. The summed E-state index contributed by atoms with van der Waals surface area (Å²) in [5, 5.41) is 0.737. The molecule has 1 aromatic carbocycles. The van der Waals surface area contributed by atoms with Gasteiger partial charge in [-0.15, -0.1) is 0 Å². The molecule has 0 spiro atoms. The topological polar surface area (TPSA) is 66.5 Å². The second-order valence-electron chi connectivity index (χ2n) is 4.44. The van der Waals surface area contributed by atoms with Gasteiger partial charge in [-0.25, -0.2) is 9.78 Å². The van der Waals surface area contributed by atoms with Crippen molar-refractivity contribution in [2.24, 2.45) is 0 Å². The standard InChI is InChI=1S/C15H14N2O4/c1-19-11-2-3-12-13(9-15(18)21-14(12)8-11)20-7-6-17-5-4-16-10-17/h2-5,8-10H,6-7H2,1H3. The third-order valence-electron chi connectivity index (χ3n) is 3.08. The molecule has 0 aliphatic heterocycles. The number of fused-ring (bicyclic) bond motifs is 1. The van der Waals surface area contributed by atoms with Crippen molar-refractivity contribution in [3.63, 3.8) is 0 Å². The van der Waals surface area contributed by atoms with Crippen LogP contribution < -0.4 is 15.1 Å². The van der Waals surface area contributed by atoms with Crippen LogP contribution in [0.15, 0.2) is 52.2 Å². The lowest BCUT2D eigenvalue weighted by Crippen LogP contribution is -2.08. The molecule has 0 saturated carbocycles. The summed E-state index contributed by atoms with van der Waals surface area (Å²) in [6.45, 7) is 1.08.